The van der Waals surface area contributed by atoms with Crippen molar-refractivity contribution in [3.8, 4) is 17.0 Å². The van der Waals surface area contributed by atoms with Crippen LogP contribution in [0.4, 0.5) is 0 Å². The van der Waals surface area contributed by atoms with E-state index in [4.69, 9.17) is 9.84 Å². The summed E-state index contributed by atoms with van der Waals surface area (Å²) in [5, 5.41) is 8.96. The van der Waals surface area contributed by atoms with Crippen molar-refractivity contribution in [3.05, 3.63) is 54.7 Å². The van der Waals surface area contributed by atoms with Crippen LogP contribution in [0.25, 0.3) is 26.4 Å². The van der Waals surface area contributed by atoms with Gasteiger partial charge in [0.1, 0.15) is 5.75 Å². The van der Waals surface area contributed by atoms with Gasteiger partial charge in [-0.25, -0.2) is 14.6 Å². The Morgan fingerprint density at radius 3 is 2.78 bits per heavy atom. The fraction of sp³-hybridized carbons (Fsp3) is 0.105. The lowest BCUT2D eigenvalue weighted by Crippen LogP contribution is -2.35. The van der Waals surface area contributed by atoms with E-state index in [1.807, 2.05) is 40.9 Å². The normalized spacial score (nSPS) is 12.3. The van der Waals surface area contributed by atoms with Crippen molar-refractivity contribution in [1.29, 1.82) is 0 Å². The number of aromatic nitrogens is 2. The molecule has 0 saturated carbocycles. The van der Waals surface area contributed by atoms with Crippen LogP contribution in [0.5, 0.6) is 5.75 Å². The second-order valence-corrected chi connectivity index (χ2v) is 6.76. The van der Waals surface area contributed by atoms with Crippen LogP contribution in [0.3, 0.4) is 0 Å². The minimum absolute atomic E-state index is 0.224. The largest absolute Gasteiger partial charge is 0.479 e. The first kappa shape index (κ1) is 17.2. The molecule has 0 saturated heterocycles. The monoisotopic (exact) mass is 382 g/mol. The van der Waals surface area contributed by atoms with E-state index in [1.165, 1.54) is 0 Å². The third-order valence-corrected chi connectivity index (χ3v) is 5.06. The summed E-state index contributed by atoms with van der Waals surface area (Å²) < 4.78 is 12.9. The van der Waals surface area contributed by atoms with Gasteiger partial charge in [0.25, 0.3) is 6.10 Å². The summed E-state index contributed by atoms with van der Waals surface area (Å²) >= 11 is 1.59. The number of hydrogen-bond donors (Lipinski definition) is 1. The standard InChI is InChI=1S/C19H14N2O5S/c1-25-16(17(22)23)18(24)26-12-6-4-5-11(9-12)13-10-21-14-7-2-3-8-15(14)27-19(21)20-13/h2-10,16H,1H3,(H,22,23). The number of fused-ring (bicyclic) bond motifs is 3. The number of imidazole rings is 1. The Morgan fingerprint density at radius 2 is 2.00 bits per heavy atom. The van der Waals surface area contributed by atoms with Crippen molar-refractivity contribution in [1.82, 2.24) is 9.38 Å². The Kier molecular flexibility index (Phi) is 4.35. The fourth-order valence-corrected chi connectivity index (χ4v) is 3.78. The molecule has 1 atom stereocenters. The highest BCUT2D eigenvalue weighted by molar-refractivity contribution is 7.23. The smallest absolute Gasteiger partial charge is 0.352 e. The van der Waals surface area contributed by atoms with Gasteiger partial charge in [-0.3, -0.25) is 4.40 Å². The lowest BCUT2D eigenvalue weighted by molar-refractivity contribution is -0.161. The van der Waals surface area contributed by atoms with Gasteiger partial charge in [0.2, 0.25) is 0 Å². The fourth-order valence-electron chi connectivity index (χ4n) is 2.77. The third-order valence-electron chi connectivity index (χ3n) is 4.02. The van der Waals surface area contributed by atoms with Gasteiger partial charge < -0.3 is 14.6 Å². The SMILES string of the molecule is COC(C(=O)O)C(=O)Oc1cccc(-c2cn3c(n2)sc2ccccc23)c1. The first-order chi connectivity index (χ1) is 13.1. The molecular formula is C19H14N2O5S. The van der Waals surface area contributed by atoms with Gasteiger partial charge in [-0.15, -0.1) is 0 Å². The average Bonchev–Trinajstić information content (AvgIpc) is 3.20. The number of para-hydroxylation sites is 1. The minimum atomic E-state index is -1.67. The maximum absolute atomic E-state index is 11.9. The number of ether oxygens (including phenoxy) is 2. The summed E-state index contributed by atoms with van der Waals surface area (Å²) in [6, 6.07) is 14.8. The molecule has 0 spiro atoms. The number of carboxylic acids is 1. The molecular weight excluding hydrogens is 368 g/mol. The highest BCUT2D eigenvalue weighted by atomic mass is 32.1. The predicted molar refractivity (Wildman–Crippen MR) is 100 cm³/mol. The van der Waals surface area contributed by atoms with Gasteiger partial charge >= 0.3 is 11.9 Å². The van der Waals surface area contributed by atoms with Crippen LogP contribution in [0.2, 0.25) is 0 Å². The number of nitrogens with zero attached hydrogens (tertiary/aromatic N) is 2. The molecule has 136 valence electrons. The molecule has 4 aromatic rings. The second kappa shape index (κ2) is 6.82. The lowest BCUT2D eigenvalue weighted by atomic mass is 10.1. The molecule has 2 aromatic carbocycles. The Labute approximate surface area is 157 Å². The summed E-state index contributed by atoms with van der Waals surface area (Å²) in [4.78, 5) is 28.4. The topological polar surface area (TPSA) is 90.1 Å². The number of carbonyl (C=O) groups is 2. The molecule has 27 heavy (non-hydrogen) atoms. The van der Waals surface area contributed by atoms with E-state index in [0.717, 1.165) is 33.5 Å². The van der Waals surface area contributed by atoms with E-state index in [1.54, 1.807) is 29.5 Å². The number of thiazole rings is 1. The van der Waals surface area contributed by atoms with E-state index >= 15 is 0 Å². The number of rotatable bonds is 5. The van der Waals surface area contributed by atoms with Crippen molar-refractivity contribution in [3.63, 3.8) is 0 Å². The van der Waals surface area contributed by atoms with Crippen LogP contribution < -0.4 is 4.74 Å². The van der Waals surface area contributed by atoms with Crippen molar-refractivity contribution < 1.29 is 24.2 Å². The van der Waals surface area contributed by atoms with Gasteiger partial charge in [0.15, 0.2) is 4.96 Å². The molecule has 1 unspecified atom stereocenters. The molecule has 0 amide bonds. The molecule has 8 heteroatoms. The van der Waals surface area contributed by atoms with E-state index in [-0.39, 0.29) is 5.75 Å². The Morgan fingerprint density at radius 1 is 1.19 bits per heavy atom. The molecule has 1 N–H and O–H groups in total. The van der Waals surface area contributed by atoms with E-state index in [0.29, 0.717) is 0 Å². The van der Waals surface area contributed by atoms with Crippen LogP contribution in [0, 0.1) is 0 Å². The molecule has 2 aromatic heterocycles. The molecule has 4 rings (SSSR count). The first-order valence-electron chi connectivity index (χ1n) is 8.01. The van der Waals surface area contributed by atoms with E-state index < -0.39 is 18.0 Å². The van der Waals surface area contributed by atoms with Crippen LogP contribution >= 0.6 is 11.3 Å². The number of carboxylic acid groups (broad SMARTS) is 1. The number of methoxy groups -OCH3 is 1. The van der Waals surface area contributed by atoms with Crippen LogP contribution in [-0.2, 0) is 14.3 Å². The van der Waals surface area contributed by atoms with Gasteiger partial charge in [0.05, 0.1) is 15.9 Å². The average molecular weight is 382 g/mol. The molecule has 2 heterocycles. The number of esters is 1. The Hall–Kier alpha value is -3.23. The van der Waals surface area contributed by atoms with E-state index in [9.17, 15) is 9.59 Å². The number of hydrogen-bond acceptors (Lipinski definition) is 6. The molecule has 0 aliphatic rings. The summed E-state index contributed by atoms with van der Waals surface area (Å²) in [5.74, 6) is -2.17. The zero-order valence-electron chi connectivity index (χ0n) is 14.2. The van der Waals surface area contributed by atoms with Gasteiger partial charge in [-0.05, 0) is 24.3 Å². The van der Waals surface area contributed by atoms with Crippen molar-refractivity contribution in [2.24, 2.45) is 0 Å². The van der Waals surface area contributed by atoms with Crippen molar-refractivity contribution in [2.75, 3.05) is 7.11 Å². The number of carbonyl (C=O) groups excluding carboxylic acids is 1. The van der Waals surface area contributed by atoms with Gasteiger partial charge in [-0.1, -0.05) is 35.6 Å². The molecule has 0 aliphatic heterocycles. The second-order valence-electron chi connectivity index (χ2n) is 5.75. The number of aliphatic carboxylic acids is 1. The first-order valence-corrected chi connectivity index (χ1v) is 8.83. The van der Waals surface area contributed by atoms with Crippen LogP contribution in [-0.4, -0.2) is 39.6 Å². The maximum atomic E-state index is 11.9. The Bertz CT molecular complexity index is 1160. The van der Waals surface area contributed by atoms with Crippen LogP contribution in [0.1, 0.15) is 0 Å². The molecule has 0 radical (unpaired) electrons. The Balaban J connectivity index is 1.65. The molecule has 0 aliphatic carbocycles. The zero-order chi connectivity index (χ0) is 19.0. The summed E-state index contributed by atoms with van der Waals surface area (Å²) in [7, 11) is 1.14. The number of benzene rings is 2. The highest BCUT2D eigenvalue weighted by Crippen LogP contribution is 2.30. The predicted octanol–water partition coefficient (Wildman–Crippen LogP) is 3.22. The van der Waals surface area contributed by atoms with E-state index in [2.05, 4.69) is 9.72 Å². The van der Waals surface area contributed by atoms with Gasteiger partial charge in [0, 0.05) is 18.9 Å². The summed E-state index contributed by atoms with van der Waals surface area (Å²) in [6.07, 6.45) is 0.252. The molecule has 0 bridgehead atoms. The zero-order valence-corrected chi connectivity index (χ0v) is 15.0. The maximum Gasteiger partial charge on any atom is 0.352 e. The minimum Gasteiger partial charge on any atom is -0.479 e. The summed E-state index contributed by atoms with van der Waals surface area (Å²) in [6.45, 7) is 0. The summed E-state index contributed by atoms with van der Waals surface area (Å²) in [5.41, 5.74) is 2.55. The molecule has 0 fully saturated rings. The lowest BCUT2D eigenvalue weighted by Gasteiger charge is -2.10. The van der Waals surface area contributed by atoms with Crippen LogP contribution in [0.15, 0.2) is 54.7 Å². The van der Waals surface area contributed by atoms with Gasteiger partial charge in [-0.2, -0.15) is 0 Å². The quantitative estimate of drug-likeness (QED) is 0.324. The third kappa shape index (κ3) is 3.16. The highest BCUT2D eigenvalue weighted by Gasteiger charge is 2.28. The van der Waals surface area contributed by atoms with Crippen molar-refractivity contribution in [2.45, 2.75) is 6.10 Å². The van der Waals surface area contributed by atoms with Crippen molar-refractivity contribution >= 4 is 38.5 Å². The molecule has 7 nitrogen and oxygen atoms in total.